The quantitative estimate of drug-likeness (QED) is 0.495. The molecule has 0 saturated heterocycles. The van der Waals surface area contributed by atoms with Crippen LogP contribution in [-0.4, -0.2) is 29.7 Å². The van der Waals surface area contributed by atoms with Crippen LogP contribution >= 0.6 is 0 Å². The van der Waals surface area contributed by atoms with Gasteiger partial charge in [-0.15, -0.1) is 0 Å². The van der Waals surface area contributed by atoms with Crippen LogP contribution in [0.15, 0.2) is 24.3 Å². The number of ether oxygens (including phenoxy) is 1. The van der Waals surface area contributed by atoms with Crippen LogP contribution in [0.4, 0.5) is 5.69 Å². The third-order valence-electron chi connectivity index (χ3n) is 2.82. The van der Waals surface area contributed by atoms with Crippen molar-refractivity contribution in [1.82, 2.24) is 4.90 Å². The zero-order valence-electron chi connectivity index (χ0n) is 11.5. The standard InChI is InChI=1S/C14H22N2O2/c1-10(2)16(11(3)4)9-18-14(17)12-5-7-13(15)8-6-12/h5-8,10-11H,9,15H2,1-4H3. The zero-order chi connectivity index (χ0) is 13.7. The van der Waals surface area contributed by atoms with E-state index in [1.54, 1.807) is 24.3 Å². The molecule has 0 unspecified atom stereocenters. The molecule has 0 spiro atoms. The van der Waals surface area contributed by atoms with Crippen LogP contribution < -0.4 is 5.73 Å². The molecule has 0 saturated carbocycles. The second-order valence-corrected chi connectivity index (χ2v) is 4.88. The summed E-state index contributed by atoms with van der Waals surface area (Å²) >= 11 is 0. The molecule has 0 bridgehead atoms. The van der Waals surface area contributed by atoms with Crippen LogP contribution in [0.3, 0.4) is 0 Å². The molecule has 0 fully saturated rings. The number of rotatable bonds is 5. The van der Waals surface area contributed by atoms with Crippen LogP contribution in [0.1, 0.15) is 38.1 Å². The molecule has 0 amide bonds. The number of hydrogen-bond donors (Lipinski definition) is 1. The zero-order valence-corrected chi connectivity index (χ0v) is 11.5. The van der Waals surface area contributed by atoms with E-state index in [-0.39, 0.29) is 5.97 Å². The Morgan fingerprint density at radius 1 is 1.17 bits per heavy atom. The average Bonchev–Trinajstić information content (AvgIpc) is 2.28. The smallest absolute Gasteiger partial charge is 0.339 e. The van der Waals surface area contributed by atoms with E-state index in [9.17, 15) is 4.79 Å². The maximum Gasteiger partial charge on any atom is 0.339 e. The number of esters is 1. The van der Waals surface area contributed by atoms with E-state index in [2.05, 4.69) is 32.6 Å². The second kappa shape index (κ2) is 6.40. The van der Waals surface area contributed by atoms with Crippen molar-refractivity contribution in [1.29, 1.82) is 0 Å². The summed E-state index contributed by atoms with van der Waals surface area (Å²) in [6.07, 6.45) is 0. The Morgan fingerprint density at radius 3 is 2.11 bits per heavy atom. The summed E-state index contributed by atoms with van der Waals surface area (Å²) in [5.41, 5.74) is 6.73. The molecule has 1 aromatic rings. The Kier molecular flexibility index (Phi) is 5.16. The van der Waals surface area contributed by atoms with Gasteiger partial charge in [0, 0.05) is 17.8 Å². The Labute approximate surface area is 109 Å². The summed E-state index contributed by atoms with van der Waals surface area (Å²) in [5, 5.41) is 0. The van der Waals surface area contributed by atoms with Crippen molar-refractivity contribution >= 4 is 11.7 Å². The van der Waals surface area contributed by atoms with Crippen LogP contribution in [0.2, 0.25) is 0 Å². The summed E-state index contributed by atoms with van der Waals surface area (Å²) < 4.78 is 5.30. The van der Waals surface area contributed by atoms with Crippen LogP contribution in [0.5, 0.6) is 0 Å². The molecule has 18 heavy (non-hydrogen) atoms. The van der Waals surface area contributed by atoms with Gasteiger partial charge in [0.2, 0.25) is 0 Å². The van der Waals surface area contributed by atoms with Gasteiger partial charge >= 0.3 is 5.97 Å². The van der Waals surface area contributed by atoms with Crippen molar-refractivity contribution < 1.29 is 9.53 Å². The van der Waals surface area contributed by atoms with Crippen molar-refractivity contribution in [3.8, 4) is 0 Å². The van der Waals surface area contributed by atoms with E-state index < -0.39 is 0 Å². The topological polar surface area (TPSA) is 55.6 Å². The van der Waals surface area contributed by atoms with Gasteiger partial charge < -0.3 is 10.5 Å². The highest BCUT2D eigenvalue weighted by molar-refractivity contribution is 5.89. The normalized spacial score (nSPS) is 11.3. The van der Waals surface area contributed by atoms with Crippen LogP contribution in [0.25, 0.3) is 0 Å². The summed E-state index contributed by atoms with van der Waals surface area (Å²) in [6, 6.07) is 7.41. The van der Waals surface area contributed by atoms with Crippen molar-refractivity contribution in [3.05, 3.63) is 29.8 Å². The first-order chi connectivity index (χ1) is 8.41. The lowest BCUT2D eigenvalue weighted by atomic mass is 10.2. The van der Waals surface area contributed by atoms with Gasteiger partial charge in [-0.3, -0.25) is 4.90 Å². The molecular formula is C14H22N2O2. The summed E-state index contributed by atoms with van der Waals surface area (Å²) in [6.45, 7) is 8.63. The number of nitrogens with zero attached hydrogens (tertiary/aromatic N) is 1. The Balaban J connectivity index is 2.57. The highest BCUT2D eigenvalue weighted by Crippen LogP contribution is 2.09. The van der Waals surface area contributed by atoms with Crippen molar-refractivity contribution in [2.45, 2.75) is 39.8 Å². The number of carbonyl (C=O) groups excluding carboxylic acids is 1. The molecule has 100 valence electrons. The summed E-state index contributed by atoms with van der Waals surface area (Å²) in [5.74, 6) is -0.318. The minimum absolute atomic E-state index is 0.304. The largest absolute Gasteiger partial charge is 0.446 e. The SMILES string of the molecule is CC(C)N(COC(=O)c1ccc(N)cc1)C(C)C. The van der Waals surface area contributed by atoms with Crippen LogP contribution in [0, 0.1) is 0 Å². The van der Waals surface area contributed by atoms with Gasteiger partial charge in [-0.1, -0.05) is 0 Å². The fourth-order valence-electron chi connectivity index (χ4n) is 1.73. The van der Waals surface area contributed by atoms with E-state index >= 15 is 0 Å². The second-order valence-electron chi connectivity index (χ2n) is 4.88. The summed E-state index contributed by atoms with van der Waals surface area (Å²) in [4.78, 5) is 13.9. The number of hydrogen-bond acceptors (Lipinski definition) is 4. The predicted octanol–water partition coefficient (Wildman–Crippen LogP) is 2.50. The first kappa shape index (κ1) is 14.5. The maximum absolute atomic E-state index is 11.8. The molecule has 1 aromatic carbocycles. The molecular weight excluding hydrogens is 228 g/mol. The van der Waals surface area contributed by atoms with Gasteiger partial charge in [-0.2, -0.15) is 0 Å². The minimum atomic E-state index is -0.318. The van der Waals surface area contributed by atoms with Gasteiger partial charge in [-0.05, 0) is 52.0 Å². The van der Waals surface area contributed by atoms with E-state index in [0.29, 0.717) is 30.1 Å². The van der Waals surface area contributed by atoms with Gasteiger partial charge in [0.25, 0.3) is 0 Å². The number of nitrogens with two attached hydrogens (primary N) is 1. The summed E-state index contributed by atoms with van der Waals surface area (Å²) in [7, 11) is 0. The van der Waals surface area contributed by atoms with Gasteiger partial charge in [0.15, 0.2) is 0 Å². The van der Waals surface area contributed by atoms with E-state index in [1.807, 2.05) is 0 Å². The Hall–Kier alpha value is -1.55. The van der Waals surface area contributed by atoms with E-state index in [4.69, 9.17) is 10.5 Å². The number of carbonyl (C=O) groups is 1. The molecule has 4 nitrogen and oxygen atoms in total. The van der Waals surface area contributed by atoms with E-state index in [1.165, 1.54) is 0 Å². The van der Waals surface area contributed by atoms with Gasteiger partial charge in [0.1, 0.15) is 6.73 Å². The fourth-order valence-corrected chi connectivity index (χ4v) is 1.73. The monoisotopic (exact) mass is 250 g/mol. The third kappa shape index (κ3) is 4.04. The molecule has 0 aliphatic carbocycles. The number of nitrogen functional groups attached to an aromatic ring is 1. The molecule has 2 N–H and O–H groups in total. The lowest BCUT2D eigenvalue weighted by Gasteiger charge is -2.29. The van der Waals surface area contributed by atoms with Crippen molar-refractivity contribution in [3.63, 3.8) is 0 Å². The first-order valence-corrected chi connectivity index (χ1v) is 6.20. The molecule has 0 aliphatic heterocycles. The third-order valence-corrected chi connectivity index (χ3v) is 2.82. The van der Waals surface area contributed by atoms with Crippen molar-refractivity contribution in [2.75, 3.05) is 12.5 Å². The Morgan fingerprint density at radius 2 is 1.67 bits per heavy atom. The highest BCUT2D eigenvalue weighted by atomic mass is 16.5. The molecule has 1 rings (SSSR count). The van der Waals surface area contributed by atoms with E-state index in [0.717, 1.165) is 0 Å². The maximum atomic E-state index is 11.8. The molecule has 0 aromatic heterocycles. The molecule has 0 heterocycles. The van der Waals surface area contributed by atoms with Crippen molar-refractivity contribution in [2.24, 2.45) is 0 Å². The average molecular weight is 250 g/mol. The first-order valence-electron chi connectivity index (χ1n) is 6.20. The number of anilines is 1. The fraction of sp³-hybridized carbons (Fsp3) is 0.500. The number of benzene rings is 1. The highest BCUT2D eigenvalue weighted by Gasteiger charge is 2.15. The lowest BCUT2D eigenvalue weighted by molar-refractivity contribution is 0.00345. The van der Waals surface area contributed by atoms with Gasteiger partial charge in [0.05, 0.1) is 5.56 Å². The van der Waals surface area contributed by atoms with Gasteiger partial charge in [-0.25, -0.2) is 4.79 Å². The predicted molar refractivity (Wildman–Crippen MR) is 73.2 cm³/mol. The molecule has 0 radical (unpaired) electrons. The Bertz CT molecular complexity index is 377. The van der Waals surface area contributed by atoms with Crippen LogP contribution in [-0.2, 0) is 4.74 Å². The lowest BCUT2D eigenvalue weighted by Crippen LogP contribution is -2.39. The molecule has 0 aliphatic rings. The molecule has 4 heteroatoms. The molecule has 0 atom stereocenters. The minimum Gasteiger partial charge on any atom is -0.446 e.